The second kappa shape index (κ2) is 4.35. The lowest BCUT2D eigenvalue weighted by Gasteiger charge is -1.98. The van der Waals surface area contributed by atoms with Gasteiger partial charge in [-0.05, 0) is 28.1 Å². The van der Waals surface area contributed by atoms with E-state index in [1.807, 2.05) is 0 Å². The fourth-order valence-electron chi connectivity index (χ4n) is 0.781. The summed E-state index contributed by atoms with van der Waals surface area (Å²) in [6, 6.07) is 2.44. The third-order valence-electron chi connectivity index (χ3n) is 1.36. The minimum Gasteiger partial charge on any atom is -0.320 e. The molecule has 0 aliphatic carbocycles. The van der Waals surface area contributed by atoms with E-state index in [4.69, 9.17) is 5.73 Å². The standard InChI is InChI=1S/C9H6BrF2N/c10-7-3-4-8(11)6(9(7)12)2-1-5-13/h3-4H,5,13H2. The van der Waals surface area contributed by atoms with E-state index in [0.717, 1.165) is 6.07 Å². The Hall–Kier alpha value is -0.920. The highest BCUT2D eigenvalue weighted by Crippen LogP contribution is 2.20. The van der Waals surface area contributed by atoms with E-state index in [2.05, 4.69) is 27.8 Å². The summed E-state index contributed by atoms with van der Waals surface area (Å²) >= 11 is 2.93. The molecule has 0 radical (unpaired) electrons. The molecule has 1 nitrogen and oxygen atoms in total. The van der Waals surface area contributed by atoms with Crippen LogP contribution in [0.1, 0.15) is 5.56 Å². The normalized spacial score (nSPS) is 9.23. The lowest BCUT2D eigenvalue weighted by atomic mass is 10.2. The molecule has 0 saturated heterocycles. The van der Waals surface area contributed by atoms with Crippen LogP contribution in [0.3, 0.4) is 0 Å². The van der Waals surface area contributed by atoms with Crippen molar-refractivity contribution in [2.75, 3.05) is 6.54 Å². The molecule has 0 atom stereocenters. The van der Waals surface area contributed by atoms with Crippen molar-refractivity contribution in [3.05, 3.63) is 33.8 Å². The third kappa shape index (κ3) is 2.27. The second-order valence-corrected chi connectivity index (χ2v) is 3.08. The van der Waals surface area contributed by atoms with E-state index in [1.54, 1.807) is 0 Å². The van der Waals surface area contributed by atoms with Crippen molar-refractivity contribution >= 4 is 15.9 Å². The van der Waals surface area contributed by atoms with Crippen LogP contribution in [0.25, 0.3) is 0 Å². The molecule has 0 saturated carbocycles. The average molecular weight is 246 g/mol. The summed E-state index contributed by atoms with van der Waals surface area (Å²) in [6.07, 6.45) is 0. The maximum atomic E-state index is 13.2. The number of hydrogen-bond donors (Lipinski definition) is 1. The topological polar surface area (TPSA) is 26.0 Å². The van der Waals surface area contributed by atoms with Crippen LogP contribution in [0.2, 0.25) is 0 Å². The average Bonchev–Trinajstić information content (AvgIpc) is 2.12. The van der Waals surface area contributed by atoms with E-state index in [9.17, 15) is 8.78 Å². The summed E-state index contributed by atoms with van der Waals surface area (Å²) in [6.45, 7) is 0.0748. The molecular formula is C9H6BrF2N. The van der Waals surface area contributed by atoms with Gasteiger partial charge in [0.05, 0.1) is 16.6 Å². The molecule has 0 spiro atoms. The zero-order valence-electron chi connectivity index (χ0n) is 6.57. The molecule has 13 heavy (non-hydrogen) atoms. The molecule has 0 aromatic heterocycles. The number of rotatable bonds is 0. The Morgan fingerprint density at radius 2 is 2.08 bits per heavy atom. The maximum absolute atomic E-state index is 13.2. The molecule has 1 aromatic rings. The van der Waals surface area contributed by atoms with Gasteiger partial charge in [0.2, 0.25) is 0 Å². The van der Waals surface area contributed by atoms with Gasteiger partial charge in [-0.1, -0.05) is 11.8 Å². The molecule has 0 aliphatic rings. The predicted molar refractivity (Wildman–Crippen MR) is 50.0 cm³/mol. The quantitative estimate of drug-likeness (QED) is 0.550. The maximum Gasteiger partial charge on any atom is 0.155 e. The highest BCUT2D eigenvalue weighted by molar-refractivity contribution is 9.10. The molecule has 0 unspecified atom stereocenters. The van der Waals surface area contributed by atoms with Crippen molar-refractivity contribution in [3.8, 4) is 11.8 Å². The zero-order valence-corrected chi connectivity index (χ0v) is 8.16. The summed E-state index contributed by atoms with van der Waals surface area (Å²) in [5, 5.41) is 0. The Bertz CT molecular complexity index is 379. The van der Waals surface area contributed by atoms with Crippen molar-refractivity contribution in [3.63, 3.8) is 0 Å². The van der Waals surface area contributed by atoms with Crippen LogP contribution in [0.5, 0.6) is 0 Å². The molecule has 0 heterocycles. The van der Waals surface area contributed by atoms with Gasteiger partial charge in [-0.15, -0.1) is 0 Å². The molecule has 0 amide bonds. The third-order valence-corrected chi connectivity index (χ3v) is 1.97. The van der Waals surface area contributed by atoms with Crippen LogP contribution >= 0.6 is 15.9 Å². The Labute approximate surface area is 83.1 Å². The molecule has 4 heteroatoms. The lowest BCUT2D eigenvalue weighted by molar-refractivity contribution is 0.573. The van der Waals surface area contributed by atoms with Crippen molar-refractivity contribution < 1.29 is 8.78 Å². The van der Waals surface area contributed by atoms with E-state index < -0.39 is 11.6 Å². The summed E-state index contributed by atoms with van der Waals surface area (Å²) in [5.41, 5.74) is 4.83. The van der Waals surface area contributed by atoms with Gasteiger partial charge in [0.25, 0.3) is 0 Å². The number of benzene rings is 1. The molecule has 0 bridgehead atoms. The molecule has 68 valence electrons. The Balaban J connectivity index is 3.25. The second-order valence-electron chi connectivity index (χ2n) is 2.22. The number of nitrogens with two attached hydrogens (primary N) is 1. The smallest absolute Gasteiger partial charge is 0.155 e. The van der Waals surface area contributed by atoms with Gasteiger partial charge in [-0.2, -0.15) is 0 Å². The Kier molecular flexibility index (Phi) is 3.40. The molecular weight excluding hydrogens is 240 g/mol. The van der Waals surface area contributed by atoms with E-state index in [-0.39, 0.29) is 16.6 Å². The van der Waals surface area contributed by atoms with Crippen molar-refractivity contribution in [1.29, 1.82) is 0 Å². The first-order valence-electron chi connectivity index (χ1n) is 3.49. The Morgan fingerprint density at radius 1 is 1.38 bits per heavy atom. The number of halogens is 3. The minimum atomic E-state index is -0.694. The van der Waals surface area contributed by atoms with Gasteiger partial charge in [0.1, 0.15) is 5.82 Å². The molecule has 1 rings (SSSR count). The number of hydrogen-bond acceptors (Lipinski definition) is 1. The highest BCUT2D eigenvalue weighted by atomic mass is 79.9. The molecule has 0 aliphatic heterocycles. The van der Waals surface area contributed by atoms with Gasteiger partial charge < -0.3 is 5.73 Å². The van der Waals surface area contributed by atoms with Gasteiger partial charge in [0, 0.05) is 0 Å². The van der Waals surface area contributed by atoms with Crippen LogP contribution in [0.15, 0.2) is 16.6 Å². The van der Waals surface area contributed by atoms with Crippen LogP contribution in [0.4, 0.5) is 8.78 Å². The molecule has 0 fully saturated rings. The SMILES string of the molecule is NCC#Cc1c(F)ccc(Br)c1F. The van der Waals surface area contributed by atoms with Crippen LogP contribution in [-0.4, -0.2) is 6.54 Å². The summed E-state index contributed by atoms with van der Waals surface area (Å²) < 4.78 is 26.3. The van der Waals surface area contributed by atoms with Crippen LogP contribution in [0, 0.1) is 23.5 Å². The first kappa shape index (κ1) is 10.2. The highest BCUT2D eigenvalue weighted by Gasteiger charge is 2.09. The Morgan fingerprint density at radius 3 is 2.69 bits per heavy atom. The van der Waals surface area contributed by atoms with E-state index >= 15 is 0 Å². The monoisotopic (exact) mass is 245 g/mol. The van der Waals surface area contributed by atoms with E-state index in [1.165, 1.54) is 6.07 Å². The van der Waals surface area contributed by atoms with Gasteiger partial charge in [0.15, 0.2) is 5.82 Å². The molecule has 1 aromatic carbocycles. The fourth-order valence-corrected chi connectivity index (χ4v) is 1.11. The van der Waals surface area contributed by atoms with Crippen molar-refractivity contribution in [2.45, 2.75) is 0 Å². The minimum absolute atomic E-state index is 0.0748. The van der Waals surface area contributed by atoms with Gasteiger partial charge in [-0.3, -0.25) is 0 Å². The first-order chi connectivity index (χ1) is 6.16. The fraction of sp³-hybridized carbons (Fsp3) is 0.111. The first-order valence-corrected chi connectivity index (χ1v) is 4.28. The zero-order chi connectivity index (χ0) is 9.84. The summed E-state index contributed by atoms with van der Waals surface area (Å²) in [7, 11) is 0. The predicted octanol–water partition coefficient (Wildman–Crippen LogP) is 2.04. The lowest BCUT2D eigenvalue weighted by Crippen LogP contribution is -1.95. The van der Waals surface area contributed by atoms with Crippen molar-refractivity contribution in [1.82, 2.24) is 0 Å². The van der Waals surface area contributed by atoms with Gasteiger partial charge in [-0.25, -0.2) is 8.78 Å². The summed E-state index contributed by atoms with van der Waals surface area (Å²) in [5.74, 6) is 3.34. The van der Waals surface area contributed by atoms with Gasteiger partial charge >= 0.3 is 0 Å². The van der Waals surface area contributed by atoms with Crippen LogP contribution < -0.4 is 5.73 Å². The van der Waals surface area contributed by atoms with Crippen molar-refractivity contribution in [2.24, 2.45) is 5.73 Å². The van der Waals surface area contributed by atoms with E-state index in [0.29, 0.717) is 0 Å². The summed E-state index contributed by atoms with van der Waals surface area (Å²) in [4.78, 5) is 0. The molecule has 2 N–H and O–H groups in total. The largest absolute Gasteiger partial charge is 0.320 e. The van der Waals surface area contributed by atoms with Crippen LogP contribution in [-0.2, 0) is 0 Å².